The number of nitrogens with two attached hydrogens (primary N) is 1. The molecule has 0 amide bonds. The van der Waals surface area contributed by atoms with E-state index in [1.54, 1.807) is 0 Å². The van der Waals surface area contributed by atoms with Crippen molar-refractivity contribution in [1.82, 2.24) is 0 Å². The van der Waals surface area contributed by atoms with E-state index in [-0.39, 0.29) is 6.23 Å². The van der Waals surface area contributed by atoms with E-state index < -0.39 is 0 Å². The minimum atomic E-state index is -0.346. The van der Waals surface area contributed by atoms with Gasteiger partial charge in [-0.05, 0) is 13.3 Å². The van der Waals surface area contributed by atoms with Gasteiger partial charge in [-0.2, -0.15) is 0 Å². The van der Waals surface area contributed by atoms with Crippen LogP contribution >= 0.6 is 0 Å². The van der Waals surface area contributed by atoms with Crippen molar-refractivity contribution in [2.45, 2.75) is 45.3 Å². The van der Waals surface area contributed by atoms with Crippen LogP contribution in [-0.4, -0.2) is 12.8 Å². The van der Waals surface area contributed by atoms with E-state index in [2.05, 4.69) is 13.8 Å². The molecular formula is C9H20NO. The highest BCUT2D eigenvalue weighted by molar-refractivity contribution is 4.48. The van der Waals surface area contributed by atoms with Gasteiger partial charge < -0.3 is 10.5 Å². The van der Waals surface area contributed by atoms with Crippen LogP contribution in [0.25, 0.3) is 0 Å². The number of ether oxygens (including phenoxy) is 1. The molecule has 0 aromatic rings. The standard InChI is InChI=1S/C9H20NO/c1-3-4-5-6-7-8-11-9(2)10/h9H,2-8,10H2,1H3. The number of hydrogen-bond donors (Lipinski definition) is 1. The summed E-state index contributed by atoms with van der Waals surface area (Å²) < 4.78 is 5.09. The highest BCUT2D eigenvalue weighted by Gasteiger charge is 1.92. The van der Waals surface area contributed by atoms with E-state index in [9.17, 15) is 0 Å². The predicted octanol–water partition coefficient (Wildman–Crippen LogP) is 2.09. The molecule has 0 aromatic heterocycles. The molecule has 11 heavy (non-hydrogen) atoms. The molecule has 67 valence electrons. The lowest BCUT2D eigenvalue weighted by Crippen LogP contribution is -2.19. The summed E-state index contributed by atoms with van der Waals surface area (Å²) in [5.41, 5.74) is 5.30. The molecule has 0 aliphatic carbocycles. The van der Waals surface area contributed by atoms with Gasteiger partial charge in [0.25, 0.3) is 0 Å². The van der Waals surface area contributed by atoms with E-state index in [4.69, 9.17) is 10.5 Å². The van der Waals surface area contributed by atoms with Crippen molar-refractivity contribution in [2.75, 3.05) is 6.61 Å². The maximum Gasteiger partial charge on any atom is 0.105 e. The normalized spacial score (nSPS) is 13.4. The van der Waals surface area contributed by atoms with Crippen LogP contribution in [0.5, 0.6) is 0 Å². The zero-order valence-corrected chi connectivity index (χ0v) is 7.51. The molecule has 2 nitrogen and oxygen atoms in total. The third-order valence-electron chi connectivity index (χ3n) is 1.58. The van der Waals surface area contributed by atoms with Crippen molar-refractivity contribution < 1.29 is 4.74 Å². The first-order chi connectivity index (χ1) is 5.27. The lowest BCUT2D eigenvalue weighted by molar-refractivity contribution is 0.0844. The summed E-state index contributed by atoms with van der Waals surface area (Å²) in [5, 5.41) is 0. The number of rotatable bonds is 7. The van der Waals surface area contributed by atoms with E-state index in [1.165, 1.54) is 25.7 Å². The molecule has 0 fully saturated rings. The first kappa shape index (κ1) is 10.9. The van der Waals surface area contributed by atoms with E-state index in [1.807, 2.05) is 0 Å². The summed E-state index contributed by atoms with van der Waals surface area (Å²) in [7, 11) is 0. The summed E-state index contributed by atoms with van der Waals surface area (Å²) in [6.45, 7) is 6.50. The van der Waals surface area contributed by atoms with Crippen LogP contribution in [0.4, 0.5) is 0 Å². The minimum Gasteiger partial charge on any atom is -0.364 e. The van der Waals surface area contributed by atoms with E-state index >= 15 is 0 Å². The monoisotopic (exact) mass is 158 g/mol. The summed E-state index contributed by atoms with van der Waals surface area (Å²) in [6.07, 6.45) is 5.95. The highest BCUT2D eigenvalue weighted by atomic mass is 16.5. The smallest absolute Gasteiger partial charge is 0.105 e. The van der Waals surface area contributed by atoms with E-state index in [0.717, 1.165) is 13.0 Å². The molecule has 2 N–H and O–H groups in total. The molecule has 1 radical (unpaired) electrons. The van der Waals surface area contributed by atoms with Crippen molar-refractivity contribution in [2.24, 2.45) is 5.73 Å². The second-order valence-corrected chi connectivity index (χ2v) is 2.82. The summed E-state index contributed by atoms with van der Waals surface area (Å²) in [6, 6.07) is 0. The Morgan fingerprint density at radius 2 is 1.91 bits per heavy atom. The van der Waals surface area contributed by atoms with Gasteiger partial charge in [0.1, 0.15) is 6.23 Å². The first-order valence-electron chi connectivity index (χ1n) is 4.47. The zero-order valence-electron chi connectivity index (χ0n) is 7.51. The molecule has 0 saturated heterocycles. The summed E-state index contributed by atoms with van der Waals surface area (Å²) in [5.74, 6) is 0. The second-order valence-electron chi connectivity index (χ2n) is 2.82. The van der Waals surface area contributed by atoms with Crippen LogP contribution in [0, 0.1) is 6.92 Å². The molecule has 0 aromatic carbocycles. The van der Waals surface area contributed by atoms with Crippen LogP contribution in [0.3, 0.4) is 0 Å². The molecular weight excluding hydrogens is 138 g/mol. The van der Waals surface area contributed by atoms with Crippen molar-refractivity contribution in [1.29, 1.82) is 0 Å². The van der Waals surface area contributed by atoms with Gasteiger partial charge in [-0.15, -0.1) is 0 Å². The van der Waals surface area contributed by atoms with Gasteiger partial charge in [0, 0.05) is 6.61 Å². The van der Waals surface area contributed by atoms with Gasteiger partial charge in [-0.1, -0.05) is 32.6 Å². The average molecular weight is 158 g/mol. The SMILES string of the molecule is [CH2]C(N)OCCCCCCC. The fourth-order valence-electron chi connectivity index (χ4n) is 0.940. The van der Waals surface area contributed by atoms with Crippen LogP contribution in [0.2, 0.25) is 0 Å². The van der Waals surface area contributed by atoms with Gasteiger partial charge in [-0.25, -0.2) is 0 Å². The summed E-state index contributed by atoms with van der Waals surface area (Å²) >= 11 is 0. The maximum atomic E-state index is 5.30. The molecule has 1 unspecified atom stereocenters. The van der Waals surface area contributed by atoms with Gasteiger partial charge in [0.15, 0.2) is 0 Å². The zero-order chi connectivity index (χ0) is 8.53. The Labute approximate surface area is 70.1 Å². The molecule has 0 rings (SSSR count). The highest BCUT2D eigenvalue weighted by Crippen LogP contribution is 2.02. The van der Waals surface area contributed by atoms with Gasteiger partial charge >= 0.3 is 0 Å². The molecule has 1 atom stereocenters. The number of hydrogen-bond acceptors (Lipinski definition) is 2. The molecule has 0 aliphatic rings. The van der Waals surface area contributed by atoms with Gasteiger partial charge in [-0.3, -0.25) is 0 Å². The minimum absolute atomic E-state index is 0.346. The van der Waals surface area contributed by atoms with Crippen LogP contribution < -0.4 is 5.73 Å². The Bertz CT molecular complexity index is 74.0. The van der Waals surface area contributed by atoms with Crippen LogP contribution in [0.1, 0.15) is 39.0 Å². The Morgan fingerprint density at radius 3 is 2.45 bits per heavy atom. The van der Waals surface area contributed by atoms with Crippen molar-refractivity contribution in [3.8, 4) is 0 Å². The largest absolute Gasteiger partial charge is 0.364 e. The Hall–Kier alpha value is -0.0800. The molecule has 0 heterocycles. The predicted molar refractivity (Wildman–Crippen MR) is 48.0 cm³/mol. The molecule has 0 bridgehead atoms. The fourth-order valence-corrected chi connectivity index (χ4v) is 0.940. The lowest BCUT2D eigenvalue weighted by Gasteiger charge is -2.06. The van der Waals surface area contributed by atoms with Crippen LogP contribution in [0.15, 0.2) is 0 Å². The van der Waals surface area contributed by atoms with Crippen molar-refractivity contribution >= 4 is 0 Å². The fraction of sp³-hybridized carbons (Fsp3) is 0.889. The lowest BCUT2D eigenvalue weighted by atomic mass is 10.2. The Balaban J connectivity index is 2.80. The van der Waals surface area contributed by atoms with Crippen molar-refractivity contribution in [3.63, 3.8) is 0 Å². The van der Waals surface area contributed by atoms with Gasteiger partial charge in [0.05, 0.1) is 0 Å². The average Bonchev–Trinajstić information content (AvgIpc) is 1.96. The maximum absolute atomic E-state index is 5.30. The Morgan fingerprint density at radius 1 is 1.27 bits per heavy atom. The molecule has 2 heteroatoms. The van der Waals surface area contributed by atoms with Crippen molar-refractivity contribution in [3.05, 3.63) is 6.92 Å². The molecule has 0 saturated carbocycles. The molecule has 0 spiro atoms. The van der Waals surface area contributed by atoms with E-state index in [0.29, 0.717) is 0 Å². The first-order valence-corrected chi connectivity index (χ1v) is 4.47. The Kier molecular flexibility index (Phi) is 7.96. The third-order valence-corrected chi connectivity index (χ3v) is 1.58. The summed E-state index contributed by atoms with van der Waals surface area (Å²) in [4.78, 5) is 0. The second kappa shape index (κ2) is 8.02. The number of unbranched alkanes of at least 4 members (excludes halogenated alkanes) is 4. The van der Waals surface area contributed by atoms with Crippen LogP contribution in [-0.2, 0) is 4.74 Å². The van der Waals surface area contributed by atoms with Gasteiger partial charge in [0.2, 0.25) is 0 Å². The topological polar surface area (TPSA) is 35.2 Å². The quantitative estimate of drug-likeness (QED) is 0.455. The third kappa shape index (κ3) is 9.92. The molecule has 0 aliphatic heterocycles.